The number of hydrogen-bond acceptors (Lipinski definition) is 4. The summed E-state index contributed by atoms with van der Waals surface area (Å²) in [4.78, 5) is 38.2. The Hall–Kier alpha value is -2.17. The summed E-state index contributed by atoms with van der Waals surface area (Å²) in [6, 6.07) is 8.63. The first-order valence-corrected chi connectivity index (χ1v) is 8.95. The second-order valence-electron chi connectivity index (χ2n) is 6.76. The Morgan fingerprint density at radius 1 is 1.12 bits per heavy atom. The summed E-state index contributed by atoms with van der Waals surface area (Å²) in [5.41, 5.74) is 0.891. The van der Waals surface area contributed by atoms with Gasteiger partial charge in [-0.05, 0) is 25.3 Å². The number of rotatable bonds is 7. The van der Waals surface area contributed by atoms with Crippen LogP contribution in [0.1, 0.15) is 51.0 Å². The number of likely N-dealkylation sites (N-methyl/N-ethyl adjacent to an activating group) is 1. The third-order valence-electron chi connectivity index (χ3n) is 4.84. The van der Waals surface area contributed by atoms with E-state index in [1.54, 1.807) is 7.05 Å². The van der Waals surface area contributed by atoms with Crippen molar-refractivity contribution < 1.29 is 19.1 Å². The SMILES string of the molecule is CC(=O)C(CC(=O)OCc1ccccc1)N(C)C(=O)C1CCCCC1. The number of nitrogens with zero attached hydrogens (tertiary/aromatic N) is 1. The van der Waals surface area contributed by atoms with Crippen molar-refractivity contribution in [3.63, 3.8) is 0 Å². The van der Waals surface area contributed by atoms with Crippen molar-refractivity contribution in [1.29, 1.82) is 0 Å². The van der Waals surface area contributed by atoms with Crippen molar-refractivity contribution in [2.45, 2.75) is 58.1 Å². The van der Waals surface area contributed by atoms with Gasteiger partial charge in [-0.1, -0.05) is 49.6 Å². The summed E-state index contributed by atoms with van der Waals surface area (Å²) < 4.78 is 5.25. The molecule has 0 radical (unpaired) electrons. The van der Waals surface area contributed by atoms with Gasteiger partial charge in [-0.3, -0.25) is 14.4 Å². The molecule has 1 saturated carbocycles. The van der Waals surface area contributed by atoms with E-state index in [2.05, 4.69) is 0 Å². The van der Waals surface area contributed by atoms with Gasteiger partial charge in [0, 0.05) is 13.0 Å². The van der Waals surface area contributed by atoms with Crippen molar-refractivity contribution in [3.05, 3.63) is 35.9 Å². The minimum atomic E-state index is -0.752. The fraction of sp³-hybridized carbons (Fsp3) is 0.550. The maximum absolute atomic E-state index is 12.6. The molecule has 1 aromatic carbocycles. The second-order valence-corrected chi connectivity index (χ2v) is 6.76. The van der Waals surface area contributed by atoms with E-state index in [1.807, 2.05) is 30.3 Å². The molecule has 1 aromatic rings. The van der Waals surface area contributed by atoms with Gasteiger partial charge in [0.25, 0.3) is 0 Å². The highest BCUT2D eigenvalue weighted by atomic mass is 16.5. The van der Waals surface area contributed by atoms with Gasteiger partial charge in [-0.15, -0.1) is 0 Å². The Morgan fingerprint density at radius 2 is 1.76 bits per heavy atom. The first-order valence-electron chi connectivity index (χ1n) is 8.95. The lowest BCUT2D eigenvalue weighted by molar-refractivity contribution is -0.150. The van der Waals surface area contributed by atoms with Crippen LogP contribution in [0, 0.1) is 5.92 Å². The molecule has 5 heteroatoms. The van der Waals surface area contributed by atoms with E-state index in [0.717, 1.165) is 37.7 Å². The van der Waals surface area contributed by atoms with E-state index in [-0.39, 0.29) is 30.6 Å². The van der Waals surface area contributed by atoms with E-state index in [9.17, 15) is 14.4 Å². The molecule has 0 N–H and O–H groups in total. The number of hydrogen-bond donors (Lipinski definition) is 0. The molecule has 0 saturated heterocycles. The second kappa shape index (κ2) is 9.35. The highest BCUT2D eigenvalue weighted by Gasteiger charge is 2.31. The summed E-state index contributed by atoms with van der Waals surface area (Å²) >= 11 is 0. The van der Waals surface area contributed by atoms with Crippen LogP contribution in [0.25, 0.3) is 0 Å². The molecule has 0 heterocycles. The van der Waals surface area contributed by atoms with Crippen LogP contribution in [0.3, 0.4) is 0 Å². The quantitative estimate of drug-likeness (QED) is 0.712. The zero-order valence-electron chi connectivity index (χ0n) is 15.1. The van der Waals surface area contributed by atoms with Gasteiger partial charge in [0.15, 0.2) is 5.78 Å². The molecule has 2 rings (SSSR count). The van der Waals surface area contributed by atoms with Crippen molar-refractivity contribution in [1.82, 2.24) is 4.90 Å². The average molecular weight is 345 g/mol. The topological polar surface area (TPSA) is 63.7 Å². The number of amides is 1. The van der Waals surface area contributed by atoms with Gasteiger partial charge in [-0.25, -0.2) is 0 Å². The molecule has 1 aliphatic rings. The summed E-state index contributed by atoms with van der Waals surface area (Å²) in [5, 5.41) is 0. The van der Waals surface area contributed by atoms with Crippen molar-refractivity contribution in [2.24, 2.45) is 5.92 Å². The Morgan fingerprint density at radius 3 is 2.36 bits per heavy atom. The lowest BCUT2D eigenvalue weighted by Crippen LogP contribution is -2.46. The van der Waals surface area contributed by atoms with Gasteiger partial charge in [-0.2, -0.15) is 0 Å². The van der Waals surface area contributed by atoms with Gasteiger partial charge >= 0.3 is 5.97 Å². The minimum absolute atomic E-state index is 0.0269. The zero-order valence-corrected chi connectivity index (χ0v) is 15.1. The first kappa shape index (κ1) is 19.2. The van der Waals surface area contributed by atoms with Crippen LogP contribution < -0.4 is 0 Å². The third kappa shape index (κ3) is 5.69. The first-order chi connectivity index (χ1) is 12.0. The largest absolute Gasteiger partial charge is 0.461 e. The standard InChI is InChI=1S/C20H27NO4/c1-15(22)18(21(2)20(24)17-11-7-4-8-12-17)13-19(23)25-14-16-9-5-3-6-10-16/h3,5-6,9-10,17-18H,4,7-8,11-14H2,1-2H3. The highest BCUT2D eigenvalue weighted by molar-refractivity contribution is 5.91. The molecule has 136 valence electrons. The van der Waals surface area contributed by atoms with E-state index < -0.39 is 12.0 Å². The Labute approximate surface area is 149 Å². The molecule has 1 unspecified atom stereocenters. The molecule has 1 aliphatic carbocycles. The molecule has 1 fully saturated rings. The van der Waals surface area contributed by atoms with Crippen LogP contribution in [-0.2, 0) is 25.7 Å². The smallest absolute Gasteiger partial charge is 0.308 e. The maximum atomic E-state index is 12.6. The number of carbonyl (C=O) groups excluding carboxylic acids is 3. The minimum Gasteiger partial charge on any atom is -0.461 e. The highest BCUT2D eigenvalue weighted by Crippen LogP contribution is 2.26. The van der Waals surface area contributed by atoms with Gasteiger partial charge in [0.1, 0.15) is 12.6 Å². The Bertz CT molecular complexity index is 593. The summed E-state index contributed by atoms with van der Waals surface area (Å²) in [5.74, 6) is -0.715. The molecule has 25 heavy (non-hydrogen) atoms. The molecular formula is C20H27NO4. The molecule has 0 aliphatic heterocycles. The summed E-state index contributed by atoms with van der Waals surface area (Å²) in [7, 11) is 1.62. The van der Waals surface area contributed by atoms with Gasteiger partial charge < -0.3 is 9.64 Å². The molecule has 0 spiro atoms. The summed E-state index contributed by atoms with van der Waals surface area (Å²) in [6.45, 7) is 1.59. The lowest BCUT2D eigenvalue weighted by Gasteiger charge is -2.31. The van der Waals surface area contributed by atoms with E-state index in [1.165, 1.54) is 11.8 Å². The van der Waals surface area contributed by atoms with Crippen molar-refractivity contribution >= 4 is 17.7 Å². The van der Waals surface area contributed by atoms with Crippen molar-refractivity contribution in [3.8, 4) is 0 Å². The van der Waals surface area contributed by atoms with Crippen LogP contribution in [0.2, 0.25) is 0 Å². The van der Waals surface area contributed by atoms with Crippen LogP contribution in [0.5, 0.6) is 0 Å². The monoisotopic (exact) mass is 345 g/mol. The van der Waals surface area contributed by atoms with Crippen LogP contribution in [-0.4, -0.2) is 35.6 Å². The molecule has 1 atom stereocenters. The average Bonchev–Trinajstić information content (AvgIpc) is 2.64. The number of Topliss-reactive ketones (excluding diaryl/α,β-unsaturated/α-hetero) is 1. The molecule has 5 nitrogen and oxygen atoms in total. The normalized spacial score (nSPS) is 16.1. The summed E-state index contributed by atoms with van der Waals surface area (Å²) in [6.07, 6.45) is 4.90. The number of benzene rings is 1. The lowest BCUT2D eigenvalue weighted by atomic mass is 9.88. The maximum Gasteiger partial charge on any atom is 0.308 e. The van der Waals surface area contributed by atoms with Crippen LogP contribution in [0.4, 0.5) is 0 Å². The predicted octanol–water partition coefficient (Wildman–Crippen LogP) is 3.12. The van der Waals surface area contributed by atoms with E-state index in [0.29, 0.717) is 0 Å². The molecular weight excluding hydrogens is 318 g/mol. The fourth-order valence-electron chi connectivity index (χ4n) is 3.30. The number of ketones is 1. The van der Waals surface area contributed by atoms with Crippen LogP contribution in [0.15, 0.2) is 30.3 Å². The molecule has 1 amide bonds. The van der Waals surface area contributed by atoms with Gasteiger partial charge in [0.2, 0.25) is 5.91 Å². The number of esters is 1. The van der Waals surface area contributed by atoms with E-state index >= 15 is 0 Å². The van der Waals surface area contributed by atoms with E-state index in [4.69, 9.17) is 4.74 Å². The zero-order chi connectivity index (χ0) is 18.2. The Kier molecular flexibility index (Phi) is 7.16. The van der Waals surface area contributed by atoms with Crippen LogP contribution >= 0.6 is 0 Å². The predicted molar refractivity (Wildman–Crippen MR) is 94.7 cm³/mol. The third-order valence-corrected chi connectivity index (χ3v) is 4.84. The number of carbonyl (C=O) groups is 3. The van der Waals surface area contributed by atoms with Crippen molar-refractivity contribution in [2.75, 3.05) is 7.05 Å². The number of ether oxygens (including phenoxy) is 1. The Balaban J connectivity index is 1.91. The molecule has 0 aromatic heterocycles. The fourth-order valence-corrected chi connectivity index (χ4v) is 3.30. The van der Waals surface area contributed by atoms with Gasteiger partial charge in [0.05, 0.1) is 6.42 Å². The molecule has 0 bridgehead atoms.